The second kappa shape index (κ2) is 8.79. The first kappa shape index (κ1) is 22.5. The maximum absolute atomic E-state index is 13.0. The van der Waals surface area contributed by atoms with Gasteiger partial charge in [-0.25, -0.2) is 4.79 Å². The third-order valence-corrected chi connectivity index (χ3v) is 6.87. The van der Waals surface area contributed by atoms with Gasteiger partial charge in [0.1, 0.15) is 29.9 Å². The summed E-state index contributed by atoms with van der Waals surface area (Å²) in [6, 6.07) is 4.02. The highest BCUT2D eigenvalue weighted by molar-refractivity contribution is 8.00. The number of oxime groups is 1. The van der Waals surface area contributed by atoms with E-state index < -0.39 is 29.2 Å². The number of nitrogens with one attached hydrogen (secondary N) is 1. The van der Waals surface area contributed by atoms with Crippen LogP contribution in [-0.4, -0.2) is 62.9 Å². The van der Waals surface area contributed by atoms with E-state index in [4.69, 9.17) is 19.5 Å². The summed E-state index contributed by atoms with van der Waals surface area (Å²) >= 11 is 1.35. The monoisotopic (exact) mass is 499 g/mol. The lowest BCUT2D eigenvalue weighted by molar-refractivity contribution is -0.688. The van der Waals surface area contributed by atoms with Gasteiger partial charge in [0.25, 0.3) is 11.8 Å². The third kappa shape index (κ3) is 3.97. The van der Waals surface area contributed by atoms with Crippen LogP contribution in [0.3, 0.4) is 0 Å². The van der Waals surface area contributed by atoms with Crippen molar-refractivity contribution in [1.82, 2.24) is 15.4 Å². The summed E-state index contributed by atoms with van der Waals surface area (Å²) in [5, 5.41) is 20.1. The van der Waals surface area contributed by atoms with Gasteiger partial charge in [0.2, 0.25) is 12.1 Å². The van der Waals surface area contributed by atoms with E-state index in [9.17, 15) is 19.5 Å². The highest BCUT2D eigenvalue weighted by Crippen LogP contribution is 2.40. The maximum atomic E-state index is 13.0. The van der Waals surface area contributed by atoms with Gasteiger partial charge in [-0.1, -0.05) is 10.3 Å². The number of carbonyl (C=O) groups excluding carboxylic acids is 2. The van der Waals surface area contributed by atoms with Gasteiger partial charge in [-0.15, -0.1) is 11.8 Å². The van der Waals surface area contributed by atoms with Crippen molar-refractivity contribution in [3.63, 3.8) is 0 Å². The lowest BCUT2D eigenvalue weighted by atomic mass is 10.0. The van der Waals surface area contributed by atoms with E-state index in [-0.39, 0.29) is 29.5 Å². The Morgan fingerprint density at radius 3 is 3.00 bits per heavy atom. The number of anilines is 1. The SMILES string of the molecule is CO/N=C(\C(=O)NC1C(=O)N2C(C(=O)O)=C(C[n+]3ccc4ccoc4c3)CS[C@H]12)c1cc(N)on1. The molecule has 5 heterocycles. The molecule has 1 saturated heterocycles. The number of rotatable bonds is 7. The third-order valence-electron chi connectivity index (χ3n) is 5.53. The van der Waals surface area contributed by atoms with Crippen molar-refractivity contribution in [3.05, 3.63) is 53.8 Å². The van der Waals surface area contributed by atoms with Crippen LogP contribution in [0.5, 0.6) is 0 Å². The summed E-state index contributed by atoms with van der Waals surface area (Å²) in [4.78, 5) is 43.8. The molecule has 2 aliphatic heterocycles. The molecule has 2 aliphatic rings. The van der Waals surface area contributed by atoms with Crippen LogP contribution in [0.25, 0.3) is 11.0 Å². The zero-order chi connectivity index (χ0) is 24.7. The second-order valence-electron chi connectivity index (χ2n) is 7.71. The zero-order valence-electron chi connectivity index (χ0n) is 18.2. The molecular formula is C21H19N6O7S+. The van der Waals surface area contributed by atoms with Gasteiger partial charge < -0.3 is 29.9 Å². The Labute approximate surface area is 201 Å². The number of carboxylic acids is 1. The standard InChI is InChI=1S/C21H18N6O7S/c1-32-25-15(12-6-14(22)34-24-12)18(28)23-16-19(29)27-17(21(30)31)11(9-35-20(16)27)7-26-4-2-10-3-5-33-13(10)8-26/h2-6,8,16,20H,7,9H2,1H3,(H3-,22,23,24,28,30,31)/p+1/b25-15-/t16?,20-/m1/s1. The topological polar surface area (TPSA) is 177 Å². The van der Waals surface area contributed by atoms with Crippen LogP contribution in [0.1, 0.15) is 5.69 Å². The number of hydrogen-bond acceptors (Lipinski definition) is 10. The summed E-state index contributed by atoms with van der Waals surface area (Å²) in [6.07, 6.45) is 5.16. The summed E-state index contributed by atoms with van der Waals surface area (Å²) < 4.78 is 12.0. The summed E-state index contributed by atoms with van der Waals surface area (Å²) in [6.45, 7) is 0.261. The van der Waals surface area contributed by atoms with E-state index in [1.807, 2.05) is 18.3 Å². The molecule has 0 aromatic carbocycles. The fourth-order valence-corrected chi connectivity index (χ4v) is 5.31. The highest BCUT2D eigenvalue weighted by atomic mass is 32.2. The molecule has 0 aliphatic carbocycles. The first-order valence-electron chi connectivity index (χ1n) is 10.3. The molecule has 13 nitrogen and oxygen atoms in total. The fourth-order valence-electron chi connectivity index (χ4n) is 3.97. The quantitative estimate of drug-likeness (QED) is 0.175. The minimum absolute atomic E-state index is 0.0285. The second-order valence-corrected chi connectivity index (χ2v) is 8.82. The largest absolute Gasteiger partial charge is 0.477 e. The van der Waals surface area contributed by atoms with Crippen molar-refractivity contribution in [2.24, 2.45) is 5.16 Å². The molecule has 3 aromatic rings. The Kier molecular flexibility index (Phi) is 5.64. The Hall–Kier alpha value is -4.33. The lowest BCUT2D eigenvalue weighted by Crippen LogP contribution is -2.71. The van der Waals surface area contributed by atoms with Crippen LogP contribution >= 0.6 is 11.8 Å². The number of β-lactam (4-membered cyclic amide) rings is 1. The first-order chi connectivity index (χ1) is 16.9. The Bertz CT molecular complexity index is 1410. The zero-order valence-corrected chi connectivity index (χ0v) is 19.0. The summed E-state index contributed by atoms with van der Waals surface area (Å²) in [5.41, 5.74) is 6.43. The van der Waals surface area contributed by atoms with Crippen LogP contribution in [-0.2, 0) is 25.8 Å². The van der Waals surface area contributed by atoms with E-state index in [1.54, 1.807) is 17.0 Å². The number of pyridine rings is 1. The number of aromatic nitrogens is 2. The van der Waals surface area contributed by atoms with Gasteiger partial charge in [-0.05, 0) is 6.07 Å². The number of nitrogens with two attached hydrogens (primary N) is 1. The minimum Gasteiger partial charge on any atom is -0.477 e. The van der Waals surface area contributed by atoms with Crippen molar-refractivity contribution < 1.29 is 37.8 Å². The van der Waals surface area contributed by atoms with Gasteiger partial charge >= 0.3 is 5.97 Å². The molecule has 1 fully saturated rings. The number of hydrogen-bond donors (Lipinski definition) is 3. The van der Waals surface area contributed by atoms with Gasteiger partial charge in [0.05, 0.1) is 6.26 Å². The molecule has 1 unspecified atom stereocenters. The molecule has 4 N–H and O–H groups in total. The minimum atomic E-state index is -1.22. The van der Waals surface area contributed by atoms with Crippen molar-refractivity contribution in [1.29, 1.82) is 0 Å². The Morgan fingerprint density at radius 1 is 1.46 bits per heavy atom. The number of nitrogens with zero attached hydrogens (tertiary/aromatic N) is 4. The normalized spacial score (nSPS) is 20.0. The van der Waals surface area contributed by atoms with Gasteiger partial charge in [-0.2, -0.15) is 4.57 Å². The van der Waals surface area contributed by atoms with E-state index >= 15 is 0 Å². The predicted molar refractivity (Wildman–Crippen MR) is 121 cm³/mol. The molecule has 2 amide bonds. The molecule has 14 heteroatoms. The number of thioether (sulfide) groups is 1. The molecule has 35 heavy (non-hydrogen) atoms. The molecule has 0 radical (unpaired) electrons. The van der Waals surface area contributed by atoms with Crippen LogP contribution in [0, 0.1) is 0 Å². The Morgan fingerprint density at radius 2 is 2.29 bits per heavy atom. The molecule has 0 saturated carbocycles. The molecule has 2 atom stereocenters. The van der Waals surface area contributed by atoms with Gasteiger partial charge in [0.15, 0.2) is 24.0 Å². The van der Waals surface area contributed by atoms with Crippen LogP contribution < -0.4 is 15.6 Å². The Balaban J connectivity index is 1.36. The van der Waals surface area contributed by atoms with E-state index in [0.717, 1.165) is 5.39 Å². The molecule has 0 spiro atoms. The summed E-state index contributed by atoms with van der Waals surface area (Å²) in [5.74, 6) is -2.19. The highest BCUT2D eigenvalue weighted by Gasteiger charge is 2.54. The lowest BCUT2D eigenvalue weighted by Gasteiger charge is -2.49. The molecule has 0 bridgehead atoms. The van der Waals surface area contributed by atoms with Crippen molar-refractivity contribution in [2.45, 2.75) is 18.0 Å². The van der Waals surface area contributed by atoms with Gasteiger partial charge in [0, 0.05) is 28.8 Å². The number of furan rings is 1. The molecule has 5 rings (SSSR count). The molecule has 180 valence electrons. The van der Waals surface area contributed by atoms with Gasteiger partial charge in [-0.3, -0.25) is 14.5 Å². The van der Waals surface area contributed by atoms with Crippen molar-refractivity contribution in [3.8, 4) is 0 Å². The predicted octanol–water partition coefficient (Wildman–Crippen LogP) is 0.0798. The molecule has 3 aromatic heterocycles. The number of carbonyl (C=O) groups is 3. The van der Waals surface area contributed by atoms with Crippen LogP contribution in [0.15, 0.2) is 62.2 Å². The number of amides is 2. The summed E-state index contributed by atoms with van der Waals surface area (Å²) in [7, 11) is 1.25. The smallest absolute Gasteiger partial charge is 0.352 e. The first-order valence-corrected chi connectivity index (χ1v) is 11.3. The van der Waals surface area contributed by atoms with E-state index in [0.29, 0.717) is 16.9 Å². The number of aliphatic carboxylic acids is 1. The van der Waals surface area contributed by atoms with Crippen LogP contribution in [0.4, 0.5) is 5.88 Å². The fraction of sp³-hybridized carbons (Fsp3) is 0.238. The van der Waals surface area contributed by atoms with Crippen molar-refractivity contribution in [2.75, 3.05) is 18.6 Å². The molecular weight excluding hydrogens is 480 g/mol. The van der Waals surface area contributed by atoms with E-state index in [2.05, 4.69) is 15.6 Å². The average Bonchev–Trinajstić information content (AvgIpc) is 3.48. The van der Waals surface area contributed by atoms with E-state index in [1.165, 1.54) is 29.8 Å². The number of fused-ring (bicyclic) bond motifs is 2. The van der Waals surface area contributed by atoms with Crippen molar-refractivity contribution >= 4 is 52.1 Å². The van der Waals surface area contributed by atoms with Crippen LogP contribution in [0.2, 0.25) is 0 Å². The number of nitrogen functional groups attached to an aromatic ring is 1. The average molecular weight is 499 g/mol. The number of carboxylic acid groups (broad SMARTS) is 1. The maximum Gasteiger partial charge on any atom is 0.352 e.